The molecule has 2 saturated heterocycles. The number of hydrogen-bond acceptors (Lipinski definition) is 7. The Balaban J connectivity index is 1.02. The summed E-state index contributed by atoms with van der Waals surface area (Å²) in [6.45, 7) is 10.7. The van der Waals surface area contributed by atoms with Crippen molar-refractivity contribution in [3.05, 3.63) is 82.7 Å². The van der Waals surface area contributed by atoms with Crippen molar-refractivity contribution < 1.29 is 23.9 Å². The second-order valence-electron chi connectivity index (χ2n) is 15.7. The third-order valence-corrected chi connectivity index (χ3v) is 10.4. The van der Waals surface area contributed by atoms with Gasteiger partial charge in [-0.05, 0) is 101 Å². The Bertz CT molecular complexity index is 2100. The van der Waals surface area contributed by atoms with Crippen molar-refractivity contribution in [2.24, 2.45) is 5.92 Å². The van der Waals surface area contributed by atoms with Crippen LogP contribution < -0.4 is 5.32 Å². The van der Waals surface area contributed by atoms with Gasteiger partial charge in [0, 0.05) is 35.5 Å². The van der Waals surface area contributed by atoms with Gasteiger partial charge in [0.25, 0.3) is 0 Å². The summed E-state index contributed by atoms with van der Waals surface area (Å²) in [5.41, 5.74) is 7.47. The van der Waals surface area contributed by atoms with Gasteiger partial charge in [0.2, 0.25) is 5.91 Å². The van der Waals surface area contributed by atoms with E-state index in [1.807, 2.05) is 76.0 Å². The largest absolute Gasteiger partial charge is 0.453 e. The van der Waals surface area contributed by atoms with Gasteiger partial charge >= 0.3 is 12.2 Å². The number of amides is 3. The molecule has 1 aliphatic carbocycles. The third-order valence-electron chi connectivity index (χ3n) is 10.4. The summed E-state index contributed by atoms with van der Waals surface area (Å²) in [7, 11) is 1.30. The fourth-order valence-corrected chi connectivity index (χ4v) is 7.67. The number of imidazole rings is 2. The molecule has 3 N–H and O–H groups in total. The summed E-state index contributed by atoms with van der Waals surface area (Å²) >= 11 is 0. The van der Waals surface area contributed by atoms with Crippen molar-refractivity contribution in [3.8, 4) is 34.4 Å². The molecule has 7 rings (SSSR count). The van der Waals surface area contributed by atoms with Crippen molar-refractivity contribution in [1.29, 1.82) is 0 Å². The van der Waals surface area contributed by atoms with E-state index >= 15 is 0 Å². The highest BCUT2D eigenvalue weighted by molar-refractivity contribution is 5.86. The van der Waals surface area contributed by atoms with Gasteiger partial charge in [-0.15, -0.1) is 0 Å². The molecule has 2 fully saturated rings. The minimum Gasteiger partial charge on any atom is -0.453 e. The van der Waals surface area contributed by atoms with Crippen LogP contribution in [0.1, 0.15) is 106 Å². The standard InChI is InChI=1S/C42H49N7O5/c1-25(2)35(47-40(51)53-6)39(50)48-21-7-10-34(48)38-44-31-20-18-29-23-27(15-19-30(29)36(31)46-38)12-11-26-13-16-28(17-14-26)32-24-43-37(45-32)33-9-8-22-49(33)41(52)54-42(3,4)5/h13-17,19,23-25,33-35H,7-10,18,20-22H2,1-6H3,(H,43,45)(H,44,46)(H,47,51)/t33?,34-,35-/m0/s1. The molecule has 3 aliphatic rings. The number of carbonyl (C=O) groups excluding carboxylic acids is 3. The van der Waals surface area contributed by atoms with Crippen molar-refractivity contribution >= 4 is 18.1 Å². The maximum absolute atomic E-state index is 13.6. The zero-order chi connectivity index (χ0) is 38.1. The number of rotatable bonds is 6. The molecule has 12 heteroatoms. The van der Waals surface area contributed by atoms with Gasteiger partial charge in [0.05, 0.1) is 36.8 Å². The van der Waals surface area contributed by atoms with E-state index in [0.717, 1.165) is 89.5 Å². The summed E-state index contributed by atoms with van der Waals surface area (Å²) in [5.74, 6) is 8.00. The van der Waals surface area contributed by atoms with Crippen LogP contribution in [-0.4, -0.2) is 79.7 Å². The number of alkyl carbamates (subject to hydrolysis) is 1. The van der Waals surface area contributed by atoms with E-state index in [9.17, 15) is 14.4 Å². The SMILES string of the molecule is COC(=O)N[C@H](C(=O)N1CCC[C@H]1c1nc2c([nH]1)CCc1cc(C#Cc3ccc(-c4cnc(C5CCCN5C(=O)OC(C)(C)C)[nH]4)cc3)ccc1-2)C(C)C. The molecule has 4 heterocycles. The van der Waals surface area contributed by atoms with Crippen LogP contribution in [0.5, 0.6) is 0 Å². The van der Waals surface area contributed by atoms with Gasteiger partial charge in [-0.1, -0.05) is 43.9 Å². The molecule has 2 aromatic carbocycles. The number of aromatic amines is 2. The zero-order valence-electron chi connectivity index (χ0n) is 31.9. The summed E-state index contributed by atoms with van der Waals surface area (Å²) in [6, 6.07) is 13.4. The number of H-pyrrole nitrogens is 2. The lowest BCUT2D eigenvalue weighted by Crippen LogP contribution is -2.51. The van der Waals surface area contributed by atoms with Crippen molar-refractivity contribution in [1.82, 2.24) is 35.1 Å². The Morgan fingerprint density at radius 2 is 1.59 bits per heavy atom. The third kappa shape index (κ3) is 7.72. The van der Waals surface area contributed by atoms with E-state index in [0.29, 0.717) is 13.1 Å². The fraction of sp³-hybridized carbons (Fsp3) is 0.452. The lowest BCUT2D eigenvalue weighted by molar-refractivity contribution is -0.135. The van der Waals surface area contributed by atoms with Crippen LogP contribution in [0.4, 0.5) is 9.59 Å². The van der Waals surface area contributed by atoms with Crippen LogP contribution in [-0.2, 0) is 27.1 Å². The van der Waals surface area contributed by atoms with Gasteiger partial charge in [0.1, 0.15) is 23.3 Å². The Morgan fingerprint density at radius 1 is 0.907 bits per heavy atom. The Hall–Kier alpha value is -5.57. The summed E-state index contributed by atoms with van der Waals surface area (Å²) in [5, 5.41) is 2.72. The Labute approximate surface area is 316 Å². The first kappa shape index (κ1) is 36.8. The topological polar surface area (TPSA) is 146 Å². The maximum atomic E-state index is 13.6. The number of carbonyl (C=O) groups is 3. The van der Waals surface area contributed by atoms with Crippen LogP contribution in [0, 0.1) is 17.8 Å². The normalized spacial score (nSPS) is 18.4. The molecule has 282 valence electrons. The second kappa shape index (κ2) is 15.0. The van der Waals surface area contributed by atoms with E-state index in [1.54, 1.807) is 4.90 Å². The number of nitrogens with zero attached hydrogens (tertiary/aromatic N) is 4. The van der Waals surface area contributed by atoms with Gasteiger partial charge < -0.3 is 29.7 Å². The first-order chi connectivity index (χ1) is 25.9. The van der Waals surface area contributed by atoms with Gasteiger partial charge in [-0.2, -0.15) is 0 Å². The van der Waals surface area contributed by atoms with E-state index in [1.165, 1.54) is 12.7 Å². The molecule has 0 saturated carbocycles. The van der Waals surface area contributed by atoms with Crippen molar-refractivity contribution in [2.45, 2.75) is 96.9 Å². The molecule has 3 atom stereocenters. The highest BCUT2D eigenvalue weighted by Gasteiger charge is 2.39. The van der Waals surface area contributed by atoms with E-state index in [2.05, 4.69) is 44.2 Å². The fourth-order valence-electron chi connectivity index (χ4n) is 7.67. The summed E-state index contributed by atoms with van der Waals surface area (Å²) < 4.78 is 10.4. The molecular formula is C42H49N7O5. The van der Waals surface area contributed by atoms with Crippen LogP contribution in [0.3, 0.4) is 0 Å². The number of benzene rings is 2. The van der Waals surface area contributed by atoms with E-state index in [-0.39, 0.29) is 30.0 Å². The summed E-state index contributed by atoms with van der Waals surface area (Å²) in [4.78, 5) is 58.7. The van der Waals surface area contributed by atoms with Crippen molar-refractivity contribution in [2.75, 3.05) is 20.2 Å². The Kier molecular flexibility index (Phi) is 10.2. The molecule has 0 spiro atoms. The van der Waals surface area contributed by atoms with E-state index < -0.39 is 17.7 Å². The quantitative estimate of drug-likeness (QED) is 0.180. The van der Waals surface area contributed by atoms with E-state index in [4.69, 9.17) is 14.5 Å². The highest BCUT2D eigenvalue weighted by atomic mass is 16.6. The number of aryl methyl sites for hydroxylation is 2. The number of fused-ring (bicyclic) bond motifs is 3. The highest BCUT2D eigenvalue weighted by Crippen LogP contribution is 2.38. The van der Waals surface area contributed by atoms with Crippen LogP contribution in [0.25, 0.3) is 22.5 Å². The first-order valence-electron chi connectivity index (χ1n) is 18.9. The molecule has 1 unspecified atom stereocenters. The number of likely N-dealkylation sites (tertiary alicyclic amines) is 2. The van der Waals surface area contributed by atoms with Gasteiger partial charge in [-0.3, -0.25) is 9.69 Å². The Morgan fingerprint density at radius 3 is 2.30 bits per heavy atom. The molecule has 12 nitrogen and oxygen atoms in total. The predicted molar refractivity (Wildman–Crippen MR) is 204 cm³/mol. The smallest absolute Gasteiger partial charge is 0.410 e. The minimum absolute atomic E-state index is 0.0929. The molecule has 2 aliphatic heterocycles. The molecule has 3 amide bonds. The predicted octanol–water partition coefficient (Wildman–Crippen LogP) is 7.08. The number of hydrogen-bond donors (Lipinski definition) is 3. The molecular weight excluding hydrogens is 683 g/mol. The number of nitrogens with one attached hydrogen (secondary N) is 3. The first-order valence-corrected chi connectivity index (χ1v) is 18.9. The minimum atomic E-state index is -0.674. The van der Waals surface area contributed by atoms with Gasteiger partial charge in [0.15, 0.2) is 0 Å². The molecule has 0 bridgehead atoms. The zero-order valence-corrected chi connectivity index (χ0v) is 31.9. The molecule has 54 heavy (non-hydrogen) atoms. The van der Waals surface area contributed by atoms with Crippen LogP contribution in [0.2, 0.25) is 0 Å². The van der Waals surface area contributed by atoms with Gasteiger partial charge in [-0.25, -0.2) is 19.6 Å². The lowest BCUT2D eigenvalue weighted by Gasteiger charge is -2.30. The number of aromatic nitrogens is 4. The summed E-state index contributed by atoms with van der Waals surface area (Å²) in [6.07, 6.45) is 6.01. The second-order valence-corrected chi connectivity index (χ2v) is 15.7. The van der Waals surface area contributed by atoms with Crippen LogP contribution in [0.15, 0.2) is 48.7 Å². The lowest BCUT2D eigenvalue weighted by atomic mass is 9.91. The number of methoxy groups -OCH3 is 1. The van der Waals surface area contributed by atoms with Crippen molar-refractivity contribution in [3.63, 3.8) is 0 Å². The monoisotopic (exact) mass is 731 g/mol. The van der Waals surface area contributed by atoms with Crippen LogP contribution >= 0.6 is 0 Å². The average molecular weight is 732 g/mol. The average Bonchev–Trinajstić information content (AvgIpc) is 3.97. The maximum Gasteiger partial charge on any atom is 0.410 e. The molecule has 0 radical (unpaired) electrons. The molecule has 2 aromatic heterocycles. The number of ether oxygens (including phenoxy) is 2. The molecule has 4 aromatic rings.